The van der Waals surface area contributed by atoms with Crippen LogP contribution in [0, 0.1) is 5.92 Å². The molecule has 0 N–H and O–H groups in total. The second-order valence-electron chi connectivity index (χ2n) is 6.71. The highest BCUT2D eigenvalue weighted by Gasteiger charge is 2.37. The van der Waals surface area contributed by atoms with Crippen LogP contribution in [0.2, 0.25) is 0 Å². The van der Waals surface area contributed by atoms with E-state index in [9.17, 15) is 9.59 Å². The molecule has 0 aromatic carbocycles. The monoisotopic (exact) mass is 327 g/mol. The number of carbonyl (C=O) groups is 2. The van der Waals surface area contributed by atoms with Crippen molar-refractivity contribution in [3.8, 4) is 0 Å². The molecule has 2 saturated heterocycles. The Kier molecular flexibility index (Phi) is 3.70. The van der Waals surface area contributed by atoms with Crippen molar-refractivity contribution in [2.45, 2.75) is 31.7 Å². The summed E-state index contributed by atoms with van der Waals surface area (Å²) in [5.74, 6) is 0.573. The van der Waals surface area contributed by atoms with Gasteiger partial charge in [0.2, 0.25) is 5.91 Å². The van der Waals surface area contributed by atoms with Crippen molar-refractivity contribution in [1.29, 1.82) is 0 Å². The van der Waals surface area contributed by atoms with E-state index in [0.717, 1.165) is 19.3 Å². The molecule has 0 saturated carbocycles. The highest BCUT2D eigenvalue weighted by Crippen LogP contribution is 2.30. The van der Waals surface area contributed by atoms with Crippen LogP contribution >= 0.6 is 0 Å². The molecule has 2 aliphatic rings. The third-order valence-corrected chi connectivity index (χ3v) is 5.35. The molecule has 2 amide bonds. The lowest BCUT2D eigenvalue weighted by Crippen LogP contribution is -2.51. The van der Waals surface area contributed by atoms with Gasteiger partial charge < -0.3 is 9.80 Å². The predicted molar refractivity (Wildman–Crippen MR) is 87.4 cm³/mol. The highest BCUT2D eigenvalue weighted by molar-refractivity contribution is 5.99. The number of fused-ring (bicyclic) bond motifs is 2. The van der Waals surface area contributed by atoms with Crippen LogP contribution in [0.3, 0.4) is 0 Å². The largest absolute Gasteiger partial charge is 0.342 e. The van der Waals surface area contributed by atoms with E-state index in [2.05, 4.69) is 10.1 Å². The molecule has 2 atom stereocenters. The number of rotatable bonds is 1. The van der Waals surface area contributed by atoms with E-state index < -0.39 is 0 Å². The van der Waals surface area contributed by atoms with Gasteiger partial charge in [-0.15, -0.1) is 0 Å². The number of amides is 2. The Morgan fingerprint density at radius 1 is 1.33 bits per heavy atom. The smallest absolute Gasteiger partial charge is 0.259 e. The van der Waals surface area contributed by atoms with Gasteiger partial charge in [-0.1, -0.05) is 0 Å². The third-order valence-electron chi connectivity index (χ3n) is 5.35. The SMILES string of the molecule is CN1C(=O)CCC[C@H]2CN(C(=O)c3cnn4cccnc34)CC[C@H]21. The van der Waals surface area contributed by atoms with Crippen LogP contribution < -0.4 is 0 Å². The number of carbonyl (C=O) groups excluding carboxylic acids is 2. The second kappa shape index (κ2) is 5.89. The van der Waals surface area contributed by atoms with Crippen LogP contribution in [0.25, 0.3) is 5.65 Å². The predicted octanol–water partition coefficient (Wildman–Crippen LogP) is 1.20. The first kappa shape index (κ1) is 15.1. The van der Waals surface area contributed by atoms with Crippen LogP contribution in [0.4, 0.5) is 0 Å². The first-order valence-corrected chi connectivity index (χ1v) is 8.48. The molecule has 24 heavy (non-hydrogen) atoms. The molecular weight excluding hydrogens is 306 g/mol. The Bertz CT molecular complexity index is 786. The van der Waals surface area contributed by atoms with E-state index in [1.807, 2.05) is 16.8 Å². The van der Waals surface area contributed by atoms with E-state index in [1.165, 1.54) is 0 Å². The first-order valence-electron chi connectivity index (χ1n) is 8.48. The molecule has 2 aromatic heterocycles. The van der Waals surface area contributed by atoms with Gasteiger partial charge in [-0.2, -0.15) is 5.10 Å². The summed E-state index contributed by atoms with van der Waals surface area (Å²) in [7, 11) is 1.90. The average molecular weight is 327 g/mol. The summed E-state index contributed by atoms with van der Waals surface area (Å²) in [6.07, 6.45) is 8.42. The van der Waals surface area contributed by atoms with Gasteiger partial charge in [0, 0.05) is 45.0 Å². The maximum Gasteiger partial charge on any atom is 0.259 e. The molecule has 0 aliphatic carbocycles. The quantitative estimate of drug-likeness (QED) is 0.789. The van der Waals surface area contributed by atoms with E-state index in [-0.39, 0.29) is 17.9 Å². The summed E-state index contributed by atoms with van der Waals surface area (Å²) in [6, 6.07) is 2.05. The summed E-state index contributed by atoms with van der Waals surface area (Å²) < 4.78 is 1.62. The number of likely N-dealkylation sites (tertiary alicyclic amines) is 2. The van der Waals surface area contributed by atoms with Gasteiger partial charge in [0.1, 0.15) is 5.56 Å². The number of aromatic nitrogens is 3. The fourth-order valence-corrected chi connectivity index (χ4v) is 4.02. The van der Waals surface area contributed by atoms with E-state index in [0.29, 0.717) is 36.6 Å². The summed E-state index contributed by atoms with van der Waals surface area (Å²) in [6.45, 7) is 1.37. The molecule has 0 unspecified atom stereocenters. The van der Waals surface area contributed by atoms with Crippen LogP contribution in [0.1, 0.15) is 36.0 Å². The molecule has 7 nitrogen and oxygen atoms in total. The minimum absolute atomic E-state index is 0.0135. The molecule has 4 heterocycles. The minimum atomic E-state index is -0.0135. The van der Waals surface area contributed by atoms with Gasteiger partial charge in [0.15, 0.2) is 5.65 Å². The number of hydrogen-bond acceptors (Lipinski definition) is 4. The highest BCUT2D eigenvalue weighted by atomic mass is 16.2. The molecule has 0 bridgehead atoms. The summed E-state index contributed by atoms with van der Waals surface area (Å²) in [5.41, 5.74) is 1.14. The van der Waals surface area contributed by atoms with Gasteiger partial charge in [-0.25, -0.2) is 9.50 Å². The Hall–Kier alpha value is -2.44. The molecule has 2 aliphatic heterocycles. The summed E-state index contributed by atoms with van der Waals surface area (Å²) >= 11 is 0. The molecule has 0 spiro atoms. The van der Waals surface area contributed by atoms with Crippen molar-refractivity contribution >= 4 is 17.5 Å². The molecule has 2 fully saturated rings. The molecule has 2 aromatic rings. The van der Waals surface area contributed by atoms with Crippen LogP contribution in [0.15, 0.2) is 24.7 Å². The molecule has 7 heteroatoms. The zero-order valence-corrected chi connectivity index (χ0v) is 13.8. The first-order chi connectivity index (χ1) is 11.6. The van der Waals surface area contributed by atoms with Crippen molar-refractivity contribution in [3.63, 3.8) is 0 Å². The lowest BCUT2D eigenvalue weighted by molar-refractivity contribution is -0.132. The van der Waals surface area contributed by atoms with Crippen LogP contribution in [-0.2, 0) is 4.79 Å². The fraction of sp³-hybridized carbons (Fsp3) is 0.529. The van der Waals surface area contributed by atoms with Crippen molar-refractivity contribution in [2.24, 2.45) is 5.92 Å². The molecule has 4 rings (SSSR count). The normalized spacial score (nSPS) is 24.8. The van der Waals surface area contributed by atoms with Gasteiger partial charge in [-0.05, 0) is 31.2 Å². The zero-order chi connectivity index (χ0) is 16.7. The standard InChI is InChI=1S/C17H21N5O2/c1-20-14-6-9-21(11-12(14)4-2-5-15(20)23)17(24)13-10-19-22-8-3-7-18-16(13)22/h3,7-8,10,12,14H,2,4-6,9,11H2,1H3/t12-,14+/m0/s1. The van der Waals surface area contributed by atoms with Crippen molar-refractivity contribution in [1.82, 2.24) is 24.4 Å². The Morgan fingerprint density at radius 2 is 2.21 bits per heavy atom. The van der Waals surface area contributed by atoms with Gasteiger partial charge in [0.05, 0.1) is 6.20 Å². The van der Waals surface area contributed by atoms with Crippen LogP contribution in [-0.4, -0.2) is 62.4 Å². The number of hydrogen-bond donors (Lipinski definition) is 0. The summed E-state index contributed by atoms with van der Waals surface area (Å²) in [5, 5.41) is 4.21. The number of nitrogens with zero attached hydrogens (tertiary/aromatic N) is 5. The lowest BCUT2D eigenvalue weighted by atomic mass is 9.88. The second-order valence-corrected chi connectivity index (χ2v) is 6.71. The Balaban J connectivity index is 1.56. The maximum absolute atomic E-state index is 12.9. The average Bonchev–Trinajstić information content (AvgIpc) is 2.98. The van der Waals surface area contributed by atoms with Crippen molar-refractivity contribution < 1.29 is 9.59 Å². The Labute approximate surface area is 140 Å². The molecular formula is C17H21N5O2. The zero-order valence-electron chi connectivity index (χ0n) is 13.8. The summed E-state index contributed by atoms with van der Waals surface area (Å²) in [4.78, 5) is 33.1. The van der Waals surface area contributed by atoms with Crippen LogP contribution in [0.5, 0.6) is 0 Å². The van der Waals surface area contributed by atoms with E-state index in [1.54, 1.807) is 29.2 Å². The van der Waals surface area contributed by atoms with E-state index in [4.69, 9.17) is 0 Å². The lowest BCUT2D eigenvalue weighted by Gasteiger charge is -2.41. The van der Waals surface area contributed by atoms with Crippen molar-refractivity contribution in [2.75, 3.05) is 20.1 Å². The molecule has 0 radical (unpaired) electrons. The van der Waals surface area contributed by atoms with Crippen molar-refractivity contribution in [3.05, 3.63) is 30.2 Å². The molecule has 126 valence electrons. The third kappa shape index (κ3) is 2.44. The van der Waals surface area contributed by atoms with Gasteiger partial charge in [0.25, 0.3) is 5.91 Å². The van der Waals surface area contributed by atoms with Gasteiger partial charge in [-0.3, -0.25) is 9.59 Å². The maximum atomic E-state index is 12.9. The minimum Gasteiger partial charge on any atom is -0.342 e. The number of piperidine rings is 1. The van der Waals surface area contributed by atoms with E-state index >= 15 is 0 Å². The van der Waals surface area contributed by atoms with Gasteiger partial charge >= 0.3 is 0 Å². The Morgan fingerprint density at radius 3 is 3.08 bits per heavy atom. The fourth-order valence-electron chi connectivity index (χ4n) is 4.02. The topological polar surface area (TPSA) is 70.8 Å².